The zero-order chi connectivity index (χ0) is 15.9. The number of nitrogens with one attached hydrogen (secondary N) is 1. The lowest BCUT2D eigenvalue weighted by molar-refractivity contribution is -0.121. The maximum atomic E-state index is 11.9. The molecule has 0 spiro atoms. The van der Waals surface area contributed by atoms with Gasteiger partial charge in [-0.2, -0.15) is 0 Å². The van der Waals surface area contributed by atoms with Crippen LogP contribution in [-0.2, 0) is 11.3 Å². The fraction of sp³-hybridized carbons (Fsp3) is 0.625. The lowest BCUT2D eigenvalue weighted by Crippen LogP contribution is -2.34. The van der Waals surface area contributed by atoms with Crippen molar-refractivity contribution in [3.63, 3.8) is 0 Å². The van der Waals surface area contributed by atoms with E-state index in [4.69, 9.17) is 5.73 Å². The molecule has 3 N–H and O–H groups in total. The minimum Gasteiger partial charge on any atom is -0.370 e. The first kappa shape index (κ1) is 16.5. The molecular weight excluding hydrogens is 280 g/mol. The van der Waals surface area contributed by atoms with Gasteiger partial charge in [0.25, 0.3) is 5.56 Å². The summed E-state index contributed by atoms with van der Waals surface area (Å²) in [6.07, 6.45) is 4.52. The van der Waals surface area contributed by atoms with E-state index in [1.54, 1.807) is 10.6 Å². The van der Waals surface area contributed by atoms with Gasteiger partial charge in [0, 0.05) is 51.4 Å². The number of piperidine rings is 1. The minimum atomic E-state index is -0.0745. The number of nitrogens with zero attached hydrogens (tertiary/aromatic N) is 2. The van der Waals surface area contributed by atoms with Gasteiger partial charge in [0.1, 0.15) is 0 Å². The van der Waals surface area contributed by atoms with Gasteiger partial charge in [-0.15, -0.1) is 0 Å². The molecule has 2 rings (SSSR count). The molecule has 0 aromatic carbocycles. The third-order valence-electron chi connectivity index (χ3n) is 4.16. The molecule has 122 valence electrons. The Hall–Kier alpha value is -1.82. The van der Waals surface area contributed by atoms with E-state index in [9.17, 15) is 9.59 Å². The van der Waals surface area contributed by atoms with Gasteiger partial charge in [0.2, 0.25) is 5.91 Å². The molecule has 1 aliphatic heterocycles. The maximum Gasteiger partial charge on any atom is 0.250 e. The van der Waals surface area contributed by atoms with Crippen LogP contribution in [0.25, 0.3) is 0 Å². The second-order valence-corrected chi connectivity index (χ2v) is 5.98. The van der Waals surface area contributed by atoms with E-state index in [1.165, 1.54) is 12.8 Å². The number of pyridine rings is 1. The molecule has 1 amide bonds. The molecule has 0 unspecified atom stereocenters. The summed E-state index contributed by atoms with van der Waals surface area (Å²) in [7, 11) is 0. The Labute approximate surface area is 131 Å². The van der Waals surface area contributed by atoms with Crippen LogP contribution in [0, 0.1) is 5.92 Å². The Bertz CT molecular complexity index is 547. The molecule has 1 aromatic rings. The first-order valence-corrected chi connectivity index (χ1v) is 8.02. The van der Waals surface area contributed by atoms with Crippen molar-refractivity contribution in [2.45, 2.75) is 32.7 Å². The number of aryl methyl sites for hydroxylation is 1. The Morgan fingerprint density at radius 1 is 1.36 bits per heavy atom. The molecule has 6 heteroatoms. The number of anilines is 1. The van der Waals surface area contributed by atoms with E-state index >= 15 is 0 Å². The Kier molecular flexibility index (Phi) is 6.00. The van der Waals surface area contributed by atoms with Crippen LogP contribution >= 0.6 is 0 Å². The highest BCUT2D eigenvalue weighted by atomic mass is 16.1. The highest BCUT2D eigenvalue weighted by Gasteiger charge is 2.16. The average molecular weight is 306 g/mol. The van der Waals surface area contributed by atoms with Crippen molar-refractivity contribution in [3.8, 4) is 0 Å². The third-order valence-corrected chi connectivity index (χ3v) is 4.16. The first-order valence-electron chi connectivity index (χ1n) is 8.02. The van der Waals surface area contributed by atoms with Crippen LogP contribution in [0.1, 0.15) is 26.2 Å². The van der Waals surface area contributed by atoms with Crippen LogP contribution < -0.4 is 21.5 Å². The van der Waals surface area contributed by atoms with Crippen molar-refractivity contribution in [2.24, 2.45) is 11.7 Å². The van der Waals surface area contributed by atoms with Gasteiger partial charge in [-0.1, -0.05) is 6.92 Å². The van der Waals surface area contributed by atoms with Crippen molar-refractivity contribution in [3.05, 3.63) is 28.7 Å². The molecule has 0 bridgehead atoms. The van der Waals surface area contributed by atoms with E-state index in [0.717, 1.165) is 24.7 Å². The van der Waals surface area contributed by atoms with Crippen LogP contribution in [0.2, 0.25) is 0 Å². The summed E-state index contributed by atoms with van der Waals surface area (Å²) in [6.45, 7) is 5.62. The zero-order valence-electron chi connectivity index (χ0n) is 13.3. The second-order valence-electron chi connectivity index (χ2n) is 5.98. The highest BCUT2D eigenvalue weighted by Crippen LogP contribution is 2.21. The molecule has 1 aliphatic rings. The number of aromatic nitrogens is 1. The lowest BCUT2D eigenvalue weighted by atomic mass is 9.99. The van der Waals surface area contributed by atoms with Gasteiger partial charge in [-0.3, -0.25) is 9.59 Å². The molecule has 1 fully saturated rings. The van der Waals surface area contributed by atoms with Crippen molar-refractivity contribution < 1.29 is 4.79 Å². The molecule has 1 saturated heterocycles. The van der Waals surface area contributed by atoms with Gasteiger partial charge in [0.15, 0.2) is 0 Å². The summed E-state index contributed by atoms with van der Waals surface area (Å²) in [4.78, 5) is 25.9. The summed E-state index contributed by atoms with van der Waals surface area (Å²) >= 11 is 0. The molecule has 0 saturated carbocycles. The van der Waals surface area contributed by atoms with Crippen molar-refractivity contribution in [1.29, 1.82) is 0 Å². The zero-order valence-corrected chi connectivity index (χ0v) is 13.3. The molecule has 1 aromatic heterocycles. The first-order chi connectivity index (χ1) is 10.6. The van der Waals surface area contributed by atoms with E-state index in [2.05, 4.69) is 17.1 Å². The van der Waals surface area contributed by atoms with E-state index in [0.29, 0.717) is 26.1 Å². The van der Waals surface area contributed by atoms with E-state index < -0.39 is 0 Å². The maximum absolute atomic E-state index is 11.9. The summed E-state index contributed by atoms with van der Waals surface area (Å²) in [6, 6.07) is 3.47. The topological polar surface area (TPSA) is 80.4 Å². The summed E-state index contributed by atoms with van der Waals surface area (Å²) in [5.41, 5.74) is 6.34. The Morgan fingerprint density at radius 3 is 2.77 bits per heavy atom. The van der Waals surface area contributed by atoms with Crippen LogP contribution in [0.4, 0.5) is 5.69 Å². The number of nitrogens with two attached hydrogens (primary N) is 1. The second kappa shape index (κ2) is 7.98. The van der Waals surface area contributed by atoms with E-state index in [1.807, 2.05) is 12.3 Å². The quantitative estimate of drug-likeness (QED) is 0.804. The fourth-order valence-electron chi connectivity index (χ4n) is 2.67. The third kappa shape index (κ3) is 4.59. The smallest absolute Gasteiger partial charge is 0.250 e. The fourth-order valence-corrected chi connectivity index (χ4v) is 2.67. The summed E-state index contributed by atoms with van der Waals surface area (Å²) < 4.78 is 1.62. The highest BCUT2D eigenvalue weighted by molar-refractivity contribution is 5.75. The van der Waals surface area contributed by atoms with Crippen molar-refractivity contribution in [1.82, 2.24) is 9.88 Å². The minimum absolute atomic E-state index is 0.0687. The molecule has 0 radical (unpaired) electrons. The number of hydrogen-bond donors (Lipinski definition) is 2. The lowest BCUT2D eigenvalue weighted by Gasteiger charge is -2.32. The normalized spacial score (nSPS) is 15.8. The molecular formula is C16H26N4O2. The van der Waals surface area contributed by atoms with Crippen LogP contribution in [-0.4, -0.2) is 36.7 Å². The number of hydrogen-bond acceptors (Lipinski definition) is 4. The molecule has 0 aliphatic carbocycles. The molecule has 6 nitrogen and oxygen atoms in total. The SMILES string of the molecule is CC1CCN(c2ccc(=O)n(CCC(=O)NCCN)c2)CC1. The largest absolute Gasteiger partial charge is 0.370 e. The van der Waals surface area contributed by atoms with Crippen molar-refractivity contribution in [2.75, 3.05) is 31.1 Å². The molecule has 2 heterocycles. The van der Waals surface area contributed by atoms with Gasteiger partial charge in [0.05, 0.1) is 5.69 Å². The van der Waals surface area contributed by atoms with Gasteiger partial charge in [-0.05, 0) is 24.8 Å². The van der Waals surface area contributed by atoms with Crippen LogP contribution in [0.5, 0.6) is 0 Å². The van der Waals surface area contributed by atoms with Crippen molar-refractivity contribution >= 4 is 11.6 Å². The monoisotopic (exact) mass is 306 g/mol. The van der Waals surface area contributed by atoms with Gasteiger partial charge >= 0.3 is 0 Å². The molecule has 0 atom stereocenters. The Balaban J connectivity index is 1.98. The van der Waals surface area contributed by atoms with Gasteiger partial charge in [-0.25, -0.2) is 0 Å². The van der Waals surface area contributed by atoms with E-state index in [-0.39, 0.29) is 11.5 Å². The van der Waals surface area contributed by atoms with Gasteiger partial charge < -0.3 is 20.5 Å². The standard InChI is InChI=1S/C16H26N4O2/c1-13-4-9-19(10-5-13)14-2-3-16(22)20(12-14)11-6-15(21)18-8-7-17/h2-3,12-13H,4-11,17H2,1H3,(H,18,21). The molecule has 22 heavy (non-hydrogen) atoms. The Morgan fingerprint density at radius 2 is 2.09 bits per heavy atom. The number of amides is 1. The number of rotatable bonds is 6. The predicted molar refractivity (Wildman–Crippen MR) is 88.0 cm³/mol. The predicted octanol–water partition coefficient (Wildman–Crippen LogP) is 0.550. The van der Waals surface area contributed by atoms with Crippen LogP contribution in [0.3, 0.4) is 0 Å². The summed E-state index contributed by atoms with van der Waals surface area (Å²) in [5.74, 6) is 0.697. The average Bonchev–Trinajstić information content (AvgIpc) is 2.53. The number of carbonyl (C=O) groups is 1. The number of carbonyl (C=O) groups excluding carboxylic acids is 1. The summed E-state index contributed by atoms with van der Waals surface area (Å²) in [5, 5.41) is 2.72. The van der Waals surface area contributed by atoms with Crippen LogP contribution in [0.15, 0.2) is 23.1 Å².